The van der Waals surface area contributed by atoms with Crippen LogP contribution in [0.2, 0.25) is 0 Å². The third kappa shape index (κ3) is 2.09. The van der Waals surface area contributed by atoms with Crippen LogP contribution in [0.1, 0.15) is 0 Å². The molecule has 0 spiro atoms. The monoisotopic (exact) mass is 267 g/mol. The van der Waals surface area contributed by atoms with Crippen molar-refractivity contribution in [1.29, 1.82) is 0 Å². The van der Waals surface area contributed by atoms with Crippen LogP contribution in [0.3, 0.4) is 0 Å². The van der Waals surface area contributed by atoms with Crippen LogP contribution in [0.25, 0.3) is 21.8 Å². The maximum atomic E-state index is 5.68. The number of hydrogen-bond donors (Lipinski definition) is 0. The summed E-state index contributed by atoms with van der Waals surface area (Å²) in [7, 11) is 0. The van der Waals surface area contributed by atoms with Gasteiger partial charge in [-0.3, -0.25) is 0 Å². The largest absolute Gasteiger partial charge is 0.377 e. The Balaban J connectivity index is 1.67. The van der Waals surface area contributed by atoms with Crippen molar-refractivity contribution in [1.82, 2.24) is 4.57 Å². The fourth-order valence-corrected chi connectivity index (χ4v) is 2.78. The highest BCUT2D eigenvalue weighted by Crippen LogP contribution is 2.28. The van der Waals surface area contributed by atoms with E-state index in [-0.39, 0.29) is 0 Å². The van der Waals surface area contributed by atoms with Crippen molar-refractivity contribution in [2.75, 3.05) is 19.8 Å². The van der Waals surface area contributed by atoms with E-state index in [2.05, 4.69) is 53.1 Å². The standard InChI is InChI=1S/C17H17NO2/c1-3-7-16-14(5-1)15-6-2-4-8-17(15)18(16)9-10-19-11-13-12-20-13/h1-8,13H,9-12H2. The first-order chi connectivity index (χ1) is 9.93. The molecule has 1 aliphatic heterocycles. The lowest BCUT2D eigenvalue weighted by atomic mass is 10.2. The molecule has 0 aliphatic carbocycles. The lowest BCUT2D eigenvalue weighted by Crippen LogP contribution is -2.09. The Kier molecular flexibility index (Phi) is 2.94. The molecule has 3 heteroatoms. The Morgan fingerprint density at radius 1 is 1.00 bits per heavy atom. The van der Waals surface area contributed by atoms with Gasteiger partial charge in [0.05, 0.1) is 19.8 Å². The second-order valence-electron chi connectivity index (χ2n) is 5.22. The Morgan fingerprint density at radius 2 is 1.60 bits per heavy atom. The van der Waals surface area contributed by atoms with Gasteiger partial charge in [-0.1, -0.05) is 36.4 Å². The maximum absolute atomic E-state index is 5.68. The summed E-state index contributed by atoms with van der Waals surface area (Å²) >= 11 is 0. The molecule has 1 unspecified atom stereocenters. The van der Waals surface area contributed by atoms with Crippen LogP contribution in [0.15, 0.2) is 48.5 Å². The molecule has 0 N–H and O–H groups in total. The van der Waals surface area contributed by atoms with E-state index in [0.717, 1.165) is 26.4 Å². The molecule has 3 nitrogen and oxygen atoms in total. The molecule has 102 valence electrons. The predicted octanol–water partition coefficient (Wildman–Crippen LogP) is 3.21. The number of benzene rings is 2. The minimum atomic E-state index is 0.341. The SMILES string of the molecule is c1ccc2c(c1)c1ccccc1n2CCOCC1CO1. The number of hydrogen-bond acceptors (Lipinski definition) is 2. The van der Waals surface area contributed by atoms with E-state index in [1.807, 2.05) is 0 Å². The van der Waals surface area contributed by atoms with E-state index < -0.39 is 0 Å². The molecule has 1 aliphatic rings. The first kappa shape index (κ1) is 11.9. The Bertz CT molecular complexity index is 690. The van der Waals surface area contributed by atoms with E-state index in [1.165, 1.54) is 21.8 Å². The molecular formula is C17H17NO2. The van der Waals surface area contributed by atoms with Gasteiger partial charge in [0.1, 0.15) is 6.10 Å². The van der Waals surface area contributed by atoms with Crippen molar-refractivity contribution in [2.45, 2.75) is 12.6 Å². The van der Waals surface area contributed by atoms with Crippen LogP contribution < -0.4 is 0 Å². The lowest BCUT2D eigenvalue weighted by Gasteiger charge is -2.07. The molecule has 0 saturated carbocycles. The Labute approximate surface area is 117 Å². The Hall–Kier alpha value is -1.84. The predicted molar refractivity (Wildman–Crippen MR) is 80.0 cm³/mol. The number of epoxide rings is 1. The van der Waals surface area contributed by atoms with Crippen molar-refractivity contribution < 1.29 is 9.47 Å². The summed E-state index contributed by atoms with van der Waals surface area (Å²) in [4.78, 5) is 0. The summed E-state index contributed by atoms with van der Waals surface area (Å²) in [6.45, 7) is 3.18. The van der Waals surface area contributed by atoms with Crippen LogP contribution in [-0.4, -0.2) is 30.5 Å². The molecule has 2 aromatic carbocycles. The van der Waals surface area contributed by atoms with Gasteiger partial charge in [0.2, 0.25) is 0 Å². The van der Waals surface area contributed by atoms with E-state index >= 15 is 0 Å². The lowest BCUT2D eigenvalue weighted by molar-refractivity contribution is 0.111. The molecule has 0 amide bonds. The molecule has 1 aromatic heterocycles. The van der Waals surface area contributed by atoms with Gasteiger partial charge in [-0.2, -0.15) is 0 Å². The van der Waals surface area contributed by atoms with E-state index in [1.54, 1.807) is 0 Å². The normalized spacial score (nSPS) is 17.9. The first-order valence-corrected chi connectivity index (χ1v) is 7.09. The van der Waals surface area contributed by atoms with Gasteiger partial charge in [0.25, 0.3) is 0 Å². The highest BCUT2D eigenvalue weighted by molar-refractivity contribution is 6.07. The molecule has 4 rings (SSSR count). The third-order valence-electron chi connectivity index (χ3n) is 3.85. The maximum Gasteiger partial charge on any atom is 0.104 e. The second-order valence-corrected chi connectivity index (χ2v) is 5.22. The van der Waals surface area contributed by atoms with Crippen LogP contribution >= 0.6 is 0 Å². The van der Waals surface area contributed by atoms with E-state index in [4.69, 9.17) is 9.47 Å². The zero-order chi connectivity index (χ0) is 13.4. The van der Waals surface area contributed by atoms with Gasteiger partial charge in [-0.25, -0.2) is 0 Å². The molecule has 1 saturated heterocycles. The molecular weight excluding hydrogens is 250 g/mol. The van der Waals surface area contributed by atoms with Crippen LogP contribution in [0.4, 0.5) is 0 Å². The fourth-order valence-electron chi connectivity index (χ4n) is 2.78. The summed E-state index contributed by atoms with van der Waals surface area (Å²) in [5.41, 5.74) is 2.56. The zero-order valence-corrected chi connectivity index (χ0v) is 11.3. The van der Waals surface area contributed by atoms with Gasteiger partial charge in [0.15, 0.2) is 0 Å². The van der Waals surface area contributed by atoms with Crippen molar-refractivity contribution in [3.05, 3.63) is 48.5 Å². The number of nitrogens with zero attached hydrogens (tertiary/aromatic N) is 1. The molecule has 20 heavy (non-hydrogen) atoms. The number of rotatable bonds is 5. The average Bonchev–Trinajstić information content (AvgIpc) is 3.27. The topological polar surface area (TPSA) is 26.7 Å². The first-order valence-electron chi connectivity index (χ1n) is 7.09. The Morgan fingerprint density at radius 3 is 2.20 bits per heavy atom. The zero-order valence-electron chi connectivity index (χ0n) is 11.3. The number of aromatic nitrogens is 1. The van der Waals surface area contributed by atoms with Crippen molar-refractivity contribution in [2.24, 2.45) is 0 Å². The highest BCUT2D eigenvalue weighted by Gasteiger charge is 2.22. The van der Waals surface area contributed by atoms with Crippen molar-refractivity contribution in [3.8, 4) is 0 Å². The summed E-state index contributed by atoms with van der Waals surface area (Å²) < 4.78 is 13.2. The molecule has 2 heterocycles. The van der Waals surface area contributed by atoms with Gasteiger partial charge >= 0.3 is 0 Å². The highest BCUT2D eigenvalue weighted by atomic mass is 16.6. The summed E-state index contributed by atoms with van der Waals surface area (Å²) in [6, 6.07) is 17.1. The quantitative estimate of drug-likeness (QED) is 0.524. The van der Waals surface area contributed by atoms with Gasteiger partial charge in [-0.05, 0) is 12.1 Å². The number of para-hydroxylation sites is 2. The minimum Gasteiger partial charge on any atom is -0.377 e. The molecule has 3 aromatic rings. The number of fused-ring (bicyclic) bond motifs is 3. The molecule has 0 radical (unpaired) electrons. The van der Waals surface area contributed by atoms with Crippen molar-refractivity contribution >= 4 is 21.8 Å². The average molecular weight is 267 g/mol. The summed E-state index contributed by atoms with van der Waals surface area (Å²) in [6.07, 6.45) is 0.341. The van der Waals surface area contributed by atoms with Crippen LogP contribution in [0, 0.1) is 0 Å². The fraction of sp³-hybridized carbons (Fsp3) is 0.294. The number of ether oxygens (including phenoxy) is 2. The van der Waals surface area contributed by atoms with Gasteiger partial charge in [0, 0.05) is 28.4 Å². The minimum absolute atomic E-state index is 0.341. The molecule has 0 bridgehead atoms. The van der Waals surface area contributed by atoms with Crippen molar-refractivity contribution in [3.63, 3.8) is 0 Å². The third-order valence-corrected chi connectivity index (χ3v) is 3.85. The van der Waals surface area contributed by atoms with E-state index in [9.17, 15) is 0 Å². The summed E-state index contributed by atoms with van der Waals surface area (Å²) in [5, 5.41) is 2.63. The van der Waals surface area contributed by atoms with Gasteiger partial charge in [-0.15, -0.1) is 0 Å². The van der Waals surface area contributed by atoms with E-state index in [0.29, 0.717) is 6.10 Å². The van der Waals surface area contributed by atoms with Crippen LogP contribution in [0.5, 0.6) is 0 Å². The van der Waals surface area contributed by atoms with Crippen LogP contribution in [-0.2, 0) is 16.0 Å². The smallest absolute Gasteiger partial charge is 0.104 e. The van der Waals surface area contributed by atoms with Gasteiger partial charge < -0.3 is 14.0 Å². The molecule has 1 fully saturated rings. The summed E-state index contributed by atoms with van der Waals surface area (Å²) in [5.74, 6) is 0. The molecule has 1 atom stereocenters. The second kappa shape index (κ2) is 4.93.